The molecular weight excluding hydrogens is 423 g/mol. The number of aliphatic hydroxyl groups excluding tert-OH is 1. The summed E-state index contributed by atoms with van der Waals surface area (Å²) in [6.07, 6.45) is 9.76. The van der Waals surface area contributed by atoms with E-state index >= 15 is 0 Å². The summed E-state index contributed by atoms with van der Waals surface area (Å²) in [6, 6.07) is 6.56. The van der Waals surface area contributed by atoms with Gasteiger partial charge < -0.3 is 10.4 Å². The second kappa shape index (κ2) is 8.74. The number of aryl methyl sites for hydroxylation is 1. The van der Waals surface area contributed by atoms with Crippen molar-refractivity contribution in [1.29, 1.82) is 0 Å². The maximum absolute atomic E-state index is 14.9. The second-order valence-electron chi connectivity index (χ2n) is 8.61. The number of halogens is 1. The van der Waals surface area contributed by atoms with Gasteiger partial charge in [-0.3, -0.25) is 9.48 Å². The van der Waals surface area contributed by atoms with E-state index in [0.717, 1.165) is 36.0 Å². The lowest BCUT2D eigenvalue weighted by Gasteiger charge is -2.28. The summed E-state index contributed by atoms with van der Waals surface area (Å²) in [5.41, 5.74) is 3.62. The molecule has 1 amide bonds. The first kappa shape index (κ1) is 21.3. The number of hydrogen-bond donors (Lipinski definition) is 2. The molecule has 33 heavy (non-hydrogen) atoms. The van der Waals surface area contributed by atoms with Gasteiger partial charge in [-0.25, -0.2) is 13.9 Å². The number of pyridine rings is 1. The molecule has 0 saturated heterocycles. The average Bonchev–Trinajstić information content (AvgIpc) is 3.45. The number of nitrogens with one attached hydrogen (secondary N) is 1. The fourth-order valence-corrected chi connectivity index (χ4v) is 4.43. The summed E-state index contributed by atoms with van der Waals surface area (Å²) >= 11 is 0. The number of carbonyl (C=O) groups is 1. The van der Waals surface area contributed by atoms with Gasteiger partial charge in [0, 0.05) is 31.4 Å². The van der Waals surface area contributed by atoms with E-state index in [-0.39, 0.29) is 17.8 Å². The third-order valence-corrected chi connectivity index (χ3v) is 6.21. The molecule has 0 radical (unpaired) electrons. The Morgan fingerprint density at radius 3 is 2.79 bits per heavy atom. The van der Waals surface area contributed by atoms with Gasteiger partial charge in [-0.2, -0.15) is 10.2 Å². The lowest BCUT2D eigenvalue weighted by Crippen LogP contribution is -2.45. The Kier molecular flexibility index (Phi) is 5.63. The summed E-state index contributed by atoms with van der Waals surface area (Å²) in [7, 11) is 1.82. The van der Waals surface area contributed by atoms with Gasteiger partial charge in [0.15, 0.2) is 5.65 Å². The predicted octanol–water partition coefficient (Wildman–Crippen LogP) is 2.89. The van der Waals surface area contributed by atoms with Gasteiger partial charge in [0.05, 0.1) is 23.9 Å². The third kappa shape index (κ3) is 4.36. The molecule has 1 aliphatic rings. The van der Waals surface area contributed by atoms with Crippen LogP contribution in [0.1, 0.15) is 47.2 Å². The van der Waals surface area contributed by atoms with Crippen molar-refractivity contribution >= 4 is 11.6 Å². The molecule has 0 unspecified atom stereocenters. The molecule has 8 nitrogen and oxygen atoms in total. The highest BCUT2D eigenvalue weighted by molar-refractivity contribution is 6.00. The van der Waals surface area contributed by atoms with Crippen molar-refractivity contribution in [3.05, 3.63) is 71.7 Å². The highest BCUT2D eigenvalue weighted by Gasteiger charge is 2.26. The van der Waals surface area contributed by atoms with Crippen molar-refractivity contribution in [2.45, 2.75) is 44.2 Å². The number of rotatable bonds is 5. The number of amides is 1. The Bertz CT molecular complexity index is 1310. The van der Waals surface area contributed by atoms with E-state index in [0.29, 0.717) is 29.6 Å². The van der Waals surface area contributed by atoms with Crippen molar-refractivity contribution in [3.8, 4) is 11.1 Å². The van der Waals surface area contributed by atoms with Gasteiger partial charge in [0.1, 0.15) is 12.1 Å². The Labute approximate surface area is 190 Å². The van der Waals surface area contributed by atoms with Gasteiger partial charge in [0.25, 0.3) is 5.91 Å². The van der Waals surface area contributed by atoms with Crippen molar-refractivity contribution in [3.63, 3.8) is 0 Å². The van der Waals surface area contributed by atoms with Crippen LogP contribution in [0.25, 0.3) is 16.8 Å². The monoisotopic (exact) mass is 448 g/mol. The van der Waals surface area contributed by atoms with Crippen LogP contribution in [0.5, 0.6) is 0 Å². The van der Waals surface area contributed by atoms with E-state index in [2.05, 4.69) is 20.5 Å². The number of hydrogen-bond acceptors (Lipinski definition) is 5. The summed E-state index contributed by atoms with van der Waals surface area (Å²) in [6.45, 7) is 0. The molecular formula is C24H25FN6O2. The zero-order chi connectivity index (χ0) is 22.9. The number of aliphatic hydroxyl groups is 1. The van der Waals surface area contributed by atoms with Crippen LogP contribution in [-0.2, 0) is 13.5 Å². The Hall–Kier alpha value is -3.59. The van der Waals surface area contributed by atoms with Gasteiger partial charge in [-0.1, -0.05) is 25.0 Å². The fourth-order valence-electron chi connectivity index (χ4n) is 4.43. The standard InChI is InChI=1S/C24H25FN6O2/c1-30-13-18(11-27-30)16-6-7-17(20(25)10-16)8-15-9-19(23-26-14-28-31(23)12-15)24(33)29-21-4-2-3-5-22(21)32/h6-7,9-14,21-22,32H,2-5,8H2,1H3,(H,29,33)/t21-,22-/m0/s1. The molecule has 170 valence electrons. The fraction of sp³-hybridized carbons (Fsp3) is 0.333. The SMILES string of the molecule is Cn1cc(-c2ccc(Cc3cc(C(=O)N[C@H]4CCCC[C@@H]4O)c4ncnn4c3)c(F)c2)cn1. The molecule has 1 aliphatic carbocycles. The molecule has 1 saturated carbocycles. The Morgan fingerprint density at radius 2 is 2.03 bits per heavy atom. The summed E-state index contributed by atoms with van der Waals surface area (Å²) < 4.78 is 18.1. The van der Waals surface area contributed by atoms with E-state index in [1.807, 2.05) is 19.3 Å². The molecule has 9 heteroatoms. The molecule has 0 spiro atoms. The maximum Gasteiger partial charge on any atom is 0.255 e. The molecule has 1 aromatic carbocycles. The molecule has 2 N–H and O–H groups in total. The zero-order valence-corrected chi connectivity index (χ0v) is 18.3. The van der Waals surface area contributed by atoms with Crippen LogP contribution in [0.15, 0.2) is 49.2 Å². The second-order valence-corrected chi connectivity index (χ2v) is 8.61. The van der Waals surface area contributed by atoms with Crippen molar-refractivity contribution in [2.75, 3.05) is 0 Å². The maximum atomic E-state index is 14.9. The first-order chi connectivity index (χ1) is 16.0. The van der Waals surface area contributed by atoms with Crippen LogP contribution in [0, 0.1) is 5.82 Å². The van der Waals surface area contributed by atoms with E-state index in [4.69, 9.17) is 0 Å². The van der Waals surface area contributed by atoms with Crippen LogP contribution in [0.3, 0.4) is 0 Å². The van der Waals surface area contributed by atoms with Gasteiger partial charge in [0.2, 0.25) is 0 Å². The number of nitrogens with zero attached hydrogens (tertiary/aromatic N) is 5. The molecule has 0 bridgehead atoms. The van der Waals surface area contributed by atoms with Crippen molar-refractivity contribution in [2.24, 2.45) is 7.05 Å². The van der Waals surface area contributed by atoms with E-state index in [1.165, 1.54) is 16.9 Å². The van der Waals surface area contributed by atoms with Crippen LogP contribution in [0.2, 0.25) is 0 Å². The van der Waals surface area contributed by atoms with E-state index < -0.39 is 6.10 Å². The zero-order valence-electron chi connectivity index (χ0n) is 18.3. The molecule has 2 atom stereocenters. The van der Waals surface area contributed by atoms with E-state index in [9.17, 15) is 14.3 Å². The summed E-state index contributed by atoms with van der Waals surface area (Å²) in [5, 5.41) is 21.5. The summed E-state index contributed by atoms with van der Waals surface area (Å²) in [5.74, 6) is -0.639. The minimum Gasteiger partial charge on any atom is -0.391 e. The lowest BCUT2D eigenvalue weighted by molar-refractivity contribution is 0.0718. The smallest absolute Gasteiger partial charge is 0.255 e. The van der Waals surface area contributed by atoms with Gasteiger partial charge >= 0.3 is 0 Å². The first-order valence-corrected chi connectivity index (χ1v) is 11.1. The van der Waals surface area contributed by atoms with Crippen molar-refractivity contribution < 1.29 is 14.3 Å². The number of carbonyl (C=O) groups excluding carboxylic acids is 1. The largest absolute Gasteiger partial charge is 0.391 e. The molecule has 3 aromatic heterocycles. The quantitative estimate of drug-likeness (QED) is 0.489. The minimum absolute atomic E-state index is 0.282. The van der Waals surface area contributed by atoms with Gasteiger partial charge in [-0.05, 0) is 41.7 Å². The predicted molar refractivity (Wildman–Crippen MR) is 120 cm³/mol. The van der Waals surface area contributed by atoms with E-state index in [1.54, 1.807) is 29.2 Å². The molecule has 3 heterocycles. The van der Waals surface area contributed by atoms with Crippen LogP contribution in [-0.4, -0.2) is 47.5 Å². The van der Waals surface area contributed by atoms with Crippen molar-refractivity contribution in [1.82, 2.24) is 29.7 Å². The van der Waals surface area contributed by atoms with Crippen LogP contribution in [0.4, 0.5) is 4.39 Å². The highest BCUT2D eigenvalue weighted by atomic mass is 19.1. The minimum atomic E-state index is -0.549. The molecule has 0 aliphatic heterocycles. The van der Waals surface area contributed by atoms with Crippen LogP contribution >= 0.6 is 0 Å². The Balaban J connectivity index is 1.41. The molecule has 4 aromatic rings. The number of fused-ring (bicyclic) bond motifs is 1. The van der Waals surface area contributed by atoms with Gasteiger partial charge in [-0.15, -0.1) is 0 Å². The topological polar surface area (TPSA) is 97.3 Å². The highest BCUT2D eigenvalue weighted by Crippen LogP contribution is 2.24. The lowest BCUT2D eigenvalue weighted by atomic mass is 9.92. The van der Waals surface area contributed by atoms with Crippen LogP contribution < -0.4 is 5.32 Å². The number of benzene rings is 1. The summed E-state index contributed by atoms with van der Waals surface area (Å²) in [4.78, 5) is 17.3. The Morgan fingerprint density at radius 1 is 1.18 bits per heavy atom. The normalized spacial score (nSPS) is 18.5. The molecule has 5 rings (SSSR count). The molecule has 1 fully saturated rings. The first-order valence-electron chi connectivity index (χ1n) is 11.1. The number of aromatic nitrogens is 5. The third-order valence-electron chi connectivity index (χ3n) is 6.21. The average molecular weight is 449 g/mol.